The van der Waals surface area contributed by atoms with Crippen LogP contribution in [0, 0.1) is 0 Å². The molecule has 7 nitrogen and oxygen atoms in total. The lowest BCUT2D eigenvalue weighted by Gasteiger charge is -2.06. The lowest BCUT2D eigenvalue weighted by Crippen LogP contribution is -2.42. The molecule has 0 unspecified atom stereocenters. The molecule has 2 aromatic rings. The Morgan fingerprint density at radius 3 is 2.62 bits per heavy atom. The van der Waals surface area contributed by atoms with Gasteiger partial charge in [0.05, 0.1) is 11.1 Å². The molecule has 2 aromatic heterocycles. The van der Waals surface area contributed by atoms with Crippen LogP contribution in [-0.2, 0) is 4.79 Å². The van der Waals surface area contributed by atoms with Crippen molar-refractivity contribution in [1.82, 2.24) is 16.2 Å². The maximum Gasteiger partial charge on any atom is 0.286 e. The summed E-state index contributed by atoms with van der Waals surface area (Å²) in [6, 6.07) is 6.51. The van der Waals surface area contributed by atoms with E-state index < -0.39 is 11.8 Å². The molecular formula is C13H13N3O4S. The largest absolute Gasteiger partial charge is 0.459 e. The van der Waals surface area contributed by atoms with Crippen LogP contribution < -0.4 is 16.2 Å². The van der Waals surface area contributed by atoms with E-state index in [-0.39, 0.29) is 24.6 Å². The molecule has 8 heteroatoms. The summed E-state index contributed by atoms with van der Waals surface area (Å²) in [4.78, 5) is 35.0. The molecule has 0 aliphatic rings. The zero-order chi connectivity index (χ0) is 15.1. The van der Waals surface area contributed by atoms with Crippen LogP contribution in [0.1, 0.15) is 26.6 Å². The first-order chi connectivity index (χ1) is 10.2. The summed E-state index contributed by atoms with van der Waals surface area (Å²) in [7, 11) is 0. The maximum absolute atomic E-state index is 11.6. The molecular weight excluding hydrogens is 294 g/mol. The standard InChI is InChI=1S/C13H13N3O4S/c17-11(15-16-13(19)10-4-2-8-21-10)5-6-14-12(18)9-3-1-7-20-9/h1-4,7-8H,5-6H2,(H,14,18)(H,15,17)(H,16,19). The van der Waals surface area contributed by atoms with Crippen LogP contribution in [0.5, 0.6) is 0 Å². The second-order valence-electron chi connectivity index (χ2n) is 3.96. The molecule has 0 saturated carbocycles. The minimum atomic E-state index is -0.403. The van der Waals surface area contributed by atoms with Crippen LogP contribution in [0.3, 0.4) is 0 Å². The zero-order valence-electron chi connectivity index (χ0n) is 10.9. The summed E-state index contributed by atoms with van der Waals surface area (Å²) in [5, 5.41) is 4.29. The average Bonchev–Trinajstić information content (AvgIpc) is 3.16. The molecule has 2 rings (SSSR count). The monoisotopic (exact) mass is 307 g/mol. The van der Waals surface area contributed by atoms with Gasteiger partial charge in [-0.1, -0.05) is 6.07 Å². The van der Waals surface area contributed by atoms with E-state index in [0.717, 1.165) is 0 Å². The predicted molar refractivity (Wildman–Crippen MR) is 75.6 cm³/mol. The highest BCUT2D eigenvalue weighted by Gasteiger charge is 2.10. The second-order valence-corrected chi connectivity index (χ2v) is 4.91. The number of nitrogens with one attached hydrogen (secondary N) is 3. The van der Waals surface area contributed by atoms with E-state index >= 15 is 0 Å². The minimum absolute atomic E-state index is 0.0389. The van der Waals surface area contributed by atoms with Gasteiger partial charge < -0.3 is 9.73 Å². The van der Waals surface area contributed by atoms with Crippen LogP contribution in [0.2, 0.25) is 0 Å². The molecule has 0 aliphatic heterocycles. The Bertz CT molecular complexity index is 607. The molecule has 0 aliphatic carbocycles. The maximum atomic E-state index is 11.6. The number of hydrazine groups is 1. The van der Waals surface area contributed by atoms with Gasteiger partial charge >= 0.3 is 0 Å². The van der Waals surface area contributed by atoms with Crippen molar-refractivity contribution in [3.8, 4) is 0 Å². The summed E-state index contributed by atoms with van der Waals surface area (Å²) in [6.45, 7) is 0.139. The molecule has 0 radical (unpaired) electrons. The van der Waals surface area contributed by atoms with E-state index in [1.807, 2.05) is 0 Å². The van der Waals surface area contributed by atoms with E-state index in [4.69, 9.17) is 4.42 Å². The number of hydrogen-bond acceptors (Lipinski definition) is 5. The Morgan fingerprint density at radius 2 is 1.95 bits per heavy atom. The van der Waals surface area contributed by atoms with E-state index in [1.54, 1.807) is 23.6 Å². The van der Waals surface area contributed by atoms with E-state index in [1.165, 1.54) is 23.7 Å². The topological polar surface area (TPSA) is 100 Å². The van der Waals surface area contributed by atoms with Gasteiger partial charge in [0.25, 0.3) is 11.8 Å². The van der Waals surface area contributed by atoms with Gasteiger partial charge in [0.15, 0.2) is 5.76 Å². The predicted octanol–water partition coefficient (Wildman–Crippen LogP) is 0.922. The van der Waals surface area contributed by atoms with Crippen molar-refractivity contribution in [2.75, 3.05) is 6.54 Å². The second kappa shape index (κ2) is 7.25. The summed E-state index contributed by atoms with van der Waals surface area (Å²) in [6.07, 6.45) is 1.43. The molecule has 2 heterocycles. The van der Waals surface area contributed by atoms with Crippen LogP contribution in [-0.4, -0.2) is 24.3 Å². The van der Waals surface area contributed by atoms with Crippen LogP contribution in [0.25, 0.3) is 0 Å². The van der Waals surface area contributed by atoms with Crippen LogP contribution in [0.15, 0.2) is 40.3 Å². The van der Waals surface area contributed by atoms with Crippen molar-refractivity contribution in [2.24, 2.45) is 0 Å². The molecule has 0 bridgehead atoms. The van der Waals surface area contributed by atoms with Crippen molar-refractivity contribution in [3.63, 3.8) is 0 Å². The van der Waals surface area contributed by atoms with Crippen LogP contribution in [0.4, 0.5) is 0 Å². The molecule has 3 amide bonds. The molecule has 0 spiro atoms. The first-order valence-electron chi connectivity index (χ1n) is 6.11. The highest BCUT2D eigenvalue weighted by Crippen LogP contribution is 2.06. The quantitative estimate of drug-likeness (QED) is 0.715. The fraction of sp³-hybridized carbons (Fsp3) is 0.154. The first-order valence-corrected chi connectivity index (χ1v) is 6.99. The first kappa shape index (κ1) is 14.8. The summed E-state index contributed by atoms with van der Waals surface area (Å²) in [5.41, 5.74) is 4.56. The smallest absolute Gasteiger partial charge is 0.286 e. The van der Waals surface area contributed by atoms with Gasteiger partial charge in [-0.2, -0.15) is 0 Å². The van der Waals surface area contributed by atoms with Gasteiger partial charge in [-0.05, 0) is 23.6 Å². The van der Waals surface area contributed by atoms with Gasteiger partial charge in [0.1, 0.15) is 0 Å². The van der Waals surface area contributed by atoms with Crippen molar-refractivity contribution in [3.05, 3.63) is 46.5 Å². The number of hydrogen-bond donors (Lipinski definition) is 3. The van der Waals surface area contributed by atoms with Crippen molar-refractivity contribution in [1.29, 1.82) is 0 Å². The molecule has 0 saturated heterocycles. The number of thiophene rings is 1. The third-order valence-electron chi connectivity index (χ3n) is 2.44. The number of carbonyl (C=O) groups excluding carboxylic acids is 3. The van der Waals surface area contributed by atoms with Crippen molar-refractivity contribution < 1.29 is 18.8 Å². The number of rotatable bonds is 5. The summed E-state index contributed by atoms with van der Waals surface area (Å²) < 4.78 is 4.90. The molecule has 21 heavy (non-hydrogen) atoms. The summed E-state index contributed by atoms with van der Waals surface area (Å²) in [5.74, 6) is -0.991. The van der Waals surface area contributed by atoms with E-state index in [2.05, 4.69) is 16.2 Å². The molecule has 0 fully saturated rings. The lowest BCUT2D eigenvalue weighted by molar-refractivity contribution is -0.121. The van der Waals surface area contributed by atoms with Crippen LogP contribution >= 0.6 is 11.3 Å². The molecule has 3 N–H and O–H groups in total. The van der Waals surface area contributed by atoms with Crippen molar-refractivity contribution in [2.45, 2.75) is 6.42 Å². The molecule has 0 aromatic carbocycles. The summed E-state index contributed by atoms with van der Waals surface area (Å²) >= 11 is 1.27. The Hall–Kier alpha value is -2.61. The van der Waals surface area contributed by atoms with E-state index in [0.29, 0.717) is 4.88 Å². The number of amides is 3. The third-order valence-corrected chi connectivity index (χ3v) is 3.31. The average molecular weight is 307 g/mol. The highest BCUT2D eigenvalue weighted by atomic mass is 32.1. The number of carbonyl (C=O) groups is 3. The minimum Gasteiger partial charge on any atom is -0.459 e. The fourth-order valence-electron chi connectivity index (χ4n) is 1.44. The van der Waals surface area contributed by atoms with Gasteiger partial charge in [-0.15, -0.1) is 11.3 Å². The fourth-order valence-corrected chi connectivity index (χ4v) is 2.06. The molecule has 0 atom stereocenters. The highest BCUT2D eigenvalue weighted by molar-refractivity contribution is 7.12. The van der Waals surface area contributed by atoms with Gasteiger partial charge in [0.2, 0.25) is 5.91 Å². The normalized spacial score (nSPS) is 9.90. The Kier molecular flexibility index (Phi) is 5.10. The third kappa shape index (κ3) is 4.46. The van der Waals surface area contributed by atoms with Gasteiger partial charge in [0, 0.05) is 13.0 Å². The van der Waals surface area contributed by atoms with E-state index in [9.17, 15) is 14.4 Å². The lowest BCUT2D eigenvalue weighted by atomic mass is 10.3. The number of furan rings is 1. The Balaban J connectivity index is 1.64. The zero-order valence-corrected chi connectivity index (χ0v) is 11.7. The Morgan fingerprint density at radius 1 is 1.10 bits per heavy atom. The molecule has 110 valence electrons. The van der Waals surface area contributed by atoms with Crippen molar-refractivity contribution >= 4 is 29.1 Å². The SMILES string of the molecule is O=C(CCNC(=O)c1ccco1)NNC(=O)c1cccs1. The van der Waals surface area contributed by atoms with Gasteiger partial charge in [-0.25, -0.2) is 0 Å². The Labute approximate surface area is 124 Å². The van der Waals surface area contributed by atoms with Gasteiger partial charge in [-0.3, -0.25) is 25.2 Å².